The minimum atomic E-state index is -4.35. The molecular formula is C13H9F2IN2O3S2. The van der Waals surface area contributed by atoms with Crippen LogP contribution >= 0.6 is 33.9 Å². The molecule has 5 nitrogen and oxygen atoms in total. The second-order valence-corrected chi connectivity index (χ2v) is 8.41. The summed E-state index contributed by atoms with van der Waals surface area (Å²) in [6, 6.07) is 6.53. The number of aromatic nitrogens is 1. The van der Waals surface area contributed by atoms with Gasteiger partial charge in [-0.15, -0.1) is 11.3 Å². The van der Waals surface area contributed by atoms with Crippen LogP contribution in [0.2, 0.25) is 0 Å². The molecule has 122 valence electrons. The van der Waals surface area contributed by atoms with Crippen LogP contribution in [0, 0.1) is 3.57 Å². The van der Waals surface area contributed by atoms with Gasteiger partial charge in [-0.2, -0.15) is 0 Å². The summed E-state index contributed by atoms with van der Waals surface area (Å²) < 4.78 is 52.5. The fourth-order valence-electron chi connectivity index (χ4n) is 2.25. The first-order valence-corrected chi connectivity index (χ1v) is 9.66. The zero-order chi connectivity index (χ0) is 16.8. The molecule has 0 saturated carbocycles. The van der Waals surface area contributed by atoms with Crippen LogP contribution in [-0.2, 0) is 10.0 Å². The quantitative estimate of drug-likeness (QED) is 0.697. The van der Waals surface area contributed by atoms with Crippen molar-refractivity contribution in [2.45, 2.75) is 6.43 Å². The summed E-state index contributed by atoms with van der Waals surface area (Å²) in [6.45, 7) is -1.01. The molecule has 1 N–H and O–H groups in total. The molecule has 0 bridgehead atoms. The maximum atomic E-state index is 12.9. The summed E-state index contributed by atoms with van der Waals surface area (Å²) in [7, 11) is -4.35. The largest absolute Gasteiger partial charge is 0.505 e. The van der Waals surface area contributed by atoms with E-state index in [-0.39, 0.29) is 21.2 Å². The third kappa shape index (κ3) is 2.72. The summed E-state index contributed by atoms with van der Waals surface area (Å²) in [4.78, 5) is 3.61. The molecule has 1 aromatic heterocycles. The van der Waals surface area contributed by atoms with Gasteiger partial charge in [0.2, 0.25) is 0 Å². The van der Waals surface area contributed by atoms with Crippen LogP contribution in [0.15, 0.2) is 29.8 Å². The Morgan fingerprint density at radius 2 is 2.04 bits per heavy atom. The highest BCUT2D eigenvalue weighted by atomic mass is 127. The molecule has 1 aliphatic rings. The van der Waals surface area contributed by atoms with Crippen molar-refractivity contribution in [2.24, 2.45) is 0 Å². The van der Waals surface area contributed by atoms with Crippen LogP contribution in [0.25, 0.3) is 10.7 Å². The number of hydrogen-bond acceptors (Lipinski definition) is 5. The van der Waals surface area contributed by atoms with E-state index >= 15 is 0 Å². The van der Waals surface area contributed by atoms with Gasteiger partial charge >= 0.3 is 0 Å². The zero-order valence-corrected chi connectivity index (χ0v) is 15.1. The number of alkyl halides is 2. The van der Waals surface area contributed by atoms with E-state index in [4.69, 9.17) is 0 Å². The van der Waals surface area contributed by atoms with Gasteiger partial charge in [-0.3, -0.25) is 0 Å². The van der Waals surface area contributed by atoms with Crippen molar-refractivity contribution in [3.63, 3.8) is 0 Å². The lowest BCUT2D eigenvalue weighted by Crippen LogP contribution is -2.38. The number of fused-ring (bicyclic) bond motifs is 1. The Hall–Kier alpha value is -1.27. The first-order chi connectivity index (χ1) is 10.8. The average molecular weight is 470 g/mol. The molecule has 3 rings (SSSR count). The van der Waals surface area contributed by atoms with Gasteiger partial charge in [-0.25, -0.2) is 26.5 Å². The highest BCUT2D eigenvalue weighted by molar-refractivity contribution is 14.1. The zero-order valence-electron chi connectivity index (χ0n) is 11.3. The molecular weight excluding hydrogens is 461 g/mol. The van der Waals surface area contributed by atoms with Crippen molar-refractivity contribution in [3.05, 3.63) is 43.8 Å². The molecule has 0 spiro atoms. The van der Waals surface area contributed by atoms with E-state index in [0.717, 1.165) is 11.3 Å². The molecule has 1 aromatic carbocycles. The first-order valence-electron chi connectivity index (χ1n) is 6.27. The number of sulfonamides is 1. The van der Waals surface area contributed by atoms with Crippen LogP contribution in [0.3, 0.4) is 0 Å². The van der Waals surface area contributed by atoms with Gasteiger partial charge in [0.05, 0.1) is 12.1 Å². The minimum Gasteiger partial charge on any atom is -0.505 e. The van der Waals surface area contributed by atoms with Gasteiger partial charge in [-0.1, -0.05) is 18.2 Å². The van der Waals surface area contributed by atoms with E-state index in [1.807, 2.05) is 22.6 Å². The van der Waals surface area contributed by atoms with Crippen LogP contribution in [0.5, 0.6) is 0 Å². The second-order valence-electron chi connectivity index (χ2n) is 4.59. The maximum absolute atomic E-state index is 12.9. The number of aliphatic hydroxyl groups is 1. The molecule has 2 heterocycles. The van der Waals surface area contributed by atoms with Crippen molar-refractivity contribution in [1.29, 1.82) is 0 Å². The lowest BCUT2D eigenvalue weighted by Gasteiger charge is -2.28. The number of aliphatic hydroxyl groups excluding tert-OH is 1. The Bertz CT molecular complexity index is 896. The first kappa shape index (κ1) is 16.6. The minimum absolute atomic E-state index is 0.162. The number of hydrogen-bond donors (Lipinski definition) is 1. The third-order valence-electron chi connectivity index (χ3n) is 3.19. The van der Waals surface area contributed by atoms with Gasteiger partial charge in [0.1, 0.15) is 9.78 Å². The molecule has 0 aliphatic carbocycles. The van der Waals surface area contributed by atoms with Crippen LogP contribution in [0.4, 0.5) is 14.6 Å². The fraction of sp³-hybridized carbons (Fsp3) is 0.154. The van der Waals surface area contributed by atoms with Gasteiger partial charge in [0.25, 0.3) is 16.4 Å². The molecule has 0 unspecified atom stereocenters. The summed E-state index contributed by atoms with van der Waals surface area (Å²) >= 11 is 2.93. The van der Waals surface area contributed by atoms with E-state index in [1.165, 1.54) is 11.6 Å². The number of thiazole rings is 1. The van der Waals surface area contributed by atoms with Crippen molar-refractivity contribution in [1.82, 2.24) is 4.98 Å². The maximum Gasteiger partial charge on any atom is 0.270 e. The van der Waals surface area contributed by atoms with Gasteiger partial charge in [0, 0.05) is 9.13 Å². The lowest BCUT2D eigenvalue weighted by atomic mass is 10.2. The lowest BCUT2D eigenvalue weighted by molar-refractivity contribution is 0.159. The van der Waals surface area contributed by atoms with Crippen LogP contribution in [0.1, 0.15) is 10.4 Å². The Balaban J connectivity index is 2.30. The number of anilines is 1. The van der Waals surface area contributed by atoms with Crippen molar-refractivity contribution in [2.75, 3.05) is 10.8 Å². The second kappa shape index (κ2) is 5.98. The predicted molar refractivity (Wildman–Crippen MR) is 93.0 cm³/mol. The van der Waals surface area contributed by atoms with E-state index in [2.05, 4.69) is 4.98 Å². The molecule has 1 aliphatic heterocycles. The fourth-order valence-corrected chi connectivity index (χ4v) is 5.65. The topological polar surface area (TPSA) is 70.5 Å². The van der Waals surface area contributed by atoms with E-state index in [9.17, 15) is 22.3 Å². The molecule has 0 amide bonds. The Morgan fingerprint density at radius 1 is 1.35 bits per heavy atom. The molecule has 0 atom stereocenters. The monoisotopic (exact) mass is 470 g/mol. The number of rotatable bonds is 3. The third-order valence-corrected chi connectivity index (χ3v) is 6.78. The summed E-state index contributed by atoms with van der Waals surface area (Å²) in [5.74, 6) is -0.625. The van der Waals surface area contributed by atoms with Crippen molar-refractivity contribution < 1.29 is 22.3 Å². The summed E-state index contributed by atoms with van der Waals surface area (Å²) in [5, 5.41) is 10.4. The predicted octanol–water partition coefficient (Wildman–Crippen LogP) is 3.55. The highest BCUT2D eigenvalue weighted by Crippen LogP contribution is 2.44. The molecule has 0 saturated heterocycles. The Labute approximate surface area is 148 Å². The Morgan fingerprint density at radius 3 is 2.70 bits per heavy atom. The van der Waals surface area contributed by atoms with Gasteiger partial charge in [-0.05, 0) is 28.7 Å². The molecule has 2 aromatic rings. The van der Waals surface area contributed by atoms with Crippen molar-refractivity contribution in [3.8, 4) is 0 Å². The Kier molecular flexibility index (Phi) is 4.31. The number of benzene rings is 1. The molecule has 23 heavy (non-hydrogen) atoms. The van der Waals surface area contributed by atoms with Gasteiger partial charge in [0.15, 0.2) is 11.6 Å². The van der Waals surface area contributed by atoms with Crippen molar-refractivity contribution >= 4 is 60.4 Å². The summed E-state index contributed by atoms with van der Waals surface area (Å²) in [6.07, 6.45) is -2.87. The molecule has 10 heteroatoms. The summed E-state index contributed by atoms with van der Waals surface area (Å²) in [5.41, 5.74) is 1.58. The van der Waals surface area contributed by atoms with Gasteiger partial charge < -0.3 is 5.11 Å². The normalized spacial score (nSPS) is 16.8. The smallest absolute Gasteiger partial charge is 0.270 e. The van der Waals surface area contributed by atoms with Crippen LogP contribution < -0.4 is 4.31 Å². The average Bonchev–Trinajstić information content (AvgIpc) is 2.94. The highest BCUT2D eigenvalue weighted by Gasteiger charge is 2.41. The van der Waals surface area contributed by atoms with E-state index in [1.54, 1.807) is 18.2 Å². The number of nitrogens with zero attached hydrogens (tertiary/aromatic N) is 2. The molecule has 0 radical (unpaired) electrons. The standard InChI is InChI=1S/C13H9F2IN2O3S2/c14-9(15)5-18-13-11(22-6-17-13)10(19)12(23(18,20)21)7-3-1-2-4-8(7)16/h1-4,6,9,19H,5H2. The number of halogens is 3. The van der Waals surface area contributed by atoms with E-state index in [0.29, 0.717) is 7.88 Å². The van der Waals surface area contributed by atoms with E-state index < -0.39 is 28.8 Å². The molecule has 0 fully saturated rings. The SMILES string of the molecule is O=S1(=O)C(c2ccccc2I)=C(O)c2scnc2N1CC(F)F. The van der Waals surface area contributed by atoms with Crippen LogP contribution in [-0.4, -0.2) is 31.5 Å².